The quantitative estimate of drug-likeness (QED) is 0.798. The van der Waals surface area contributed by atoms with Crippen LogP contribution < -0.4 is 0 Å². The summed E-state index contributed by atoms with van der Waals surface area (Å²) >= 11 is 0. The van der Waals surface area contributed by atoms with Crippen LogP contribution >= 0.6 is 10.7 Å². The first kappa shape index (κ1) is 14.1. The van der Waals surface area contributed by atoms with Crippen molar-refractivity contribution in [2.45, 2.75) is 6.18 Å². The zero-order valence-electron chi connectivity index (χ0n) is 8.46. The van der Waals surface area contributed by atoms with Crippen LogP contribution in [0.1, 0.15) is 11.1 Å². The van der Waals surface area contributed by atoms with Crippen molar-refractivity contribution in [2.75, 3.05) is 5.75 Å². The van der Waals surface area contributed by atoms with E-state index in [0.717, 1.165) is 12.1 Å². The summed E-state index contributed by atoms with van der Waals surface area (Å²) in [6.45, 7) is 3.40. The van der Waals surface area contributed by atoms with Crippen LogP contribution in [-0.2, 0) is 15.2 Å². The monoisotopic (exact) mass is 284 g/mol. The van der Waals surface area contributed by atoms with E-state index in [-0.39, 0.29) is 11.1 Å². The summed E-state index contributed by atoms with van der Waals surface area (Å²) in [4.78, 5) is 0. The Labute approximate surface area is 101 Å². The van der Waals surface area contributed by atoms with Crippen LogP contribution in [0.2, 0.25) is 0 Å². The average Bonchev–Trinajstić information content (AvgIpc) is 2.14. The summed E-state index contributed by atoms with van der Waals surface area (Å²) in [5.74, 6) is -0.587. The smallest absolute Gasteiger partial charge is 0.212 e. The van der Waals surface area contributed by atoms with Gasteiger partial charge in [0.2, 0.25) is 9.05 Å². The van der Waals surface area contributed by atoms with E-state index in [2.05, 4.69) is 6.58 Å². The van der Waals surface area contributed by atoms with E-state index in [1.807, 2.05) is 0 Å². The Balaban J connectivity index is 3.05. The van der Waals surface area contributed by atoms with Gasteiger partial charge < -0.3 is 0 Å². The standard InChI is InChI=1S/C10H8ClF3O2S/c1-7(6-17(11,15)16)8-3-2-4-9(5-8)10(12,13)14/h2-5H,1,6H2. The van der Waals surface area contributed by atoms with E-state index in [1.54, 1.807) is 0 Å². The molecule has 0 radical (unpaired) electrons. The molecule has 1 aromatic rings. The van der Waals surface area contributed by atoms with Gasteiger partial charge in [0.1, 0.15) is 0 Å². The molecule has 0 saturated carbocycles. The molecule has 0 aliphatic heterocycles. The molecular formula is C10H8ClF3O2S. The molecular weight excluding hydrogens is 277 g/mol. The third-order valence-electron chi connectivity index (χ3n) is 1.94. The first-order valence-electron chi connectivity index (χ1n) is 4.37. The molecule has 7 heteroatoms. The molecule has 0 atom stereocenters. The molecule has 0 fully saturated rings. The highest BCUT2D eigenvalue weighted by atomic mass is 35.7. The molecule has 0 heterocycles. The molecule has 0 aliphatic carbocycles. The number of halogens is 4. The second-order valence-corrected chi connectivity index (χ2v) is 6.14. The SMILES string of the molecule is C=C(CS(=O)(=O)Cl)c1cccc(C(F)(F)F)c1. The molecule has 1 rings (SSSR count). The van der Waals surface area contributed by atoms with Crippen molar-refractivity contribution < 1.29 is 21.6 Å². The van der Waals surface area contributed by atoms with E-state index in [0.29, 0.717) is 0 Å². The number of hydrogen-bond acceptors (Lipinski definition) is 2. The molecule has 0 bridgehead atoms. The second kappa shape index (κ2) is 4.70. The Kier molecular flexibility index (Phi) is 3.88. The average molecular weight is 285 g/mol. The zero-order chi connectivity index (χ0) is 13.3. The van der Waals surface area contributed by atoms with Gasteiger partial charge in [-0.15, -0.1) is 0 Å². The van der Waals surface area contributed by atoms with Crippen molar-refractivity contribution in [2.24, 2.45) is 0 Å². The number of hydrogen-bond donors (Lipinski definition) is 0. The topological polar surface area (TPSA) is 34.1 Å². The summed E-state index contributed by atoms with van der Waals surface area (Å²) in [5, 5.41) is 0. The first-order chi connectivity index (χ1) is 7.59. The minimum absolute atomic E-state index is 0.0195. The van der Waals surface area contributed by atoms with Crippen molar-refractivity contribution in [3.05, 3.63) is 42.0 Å². The van der Waals surface area contributed by atoms with Gasteiger partial charge in [0.25, 0.3) is 0 Å². The Bertz CT molecular complexity index is 535. The second-order valence-electron chi connectivity index (χ2n) is 3.37. The molecule has 0 aromatic heterocycles. The van der Waals surface area contributed by atoms with Crippen LogP contribution in [0.15, 0.2) is 30.8 Å². The van der Waals surface area contributed by atoms with Gasteiger partial charge in [-0.2, -0.15) is 13.2 Å². The van der Waals surface area contributed by atoms with Crippen LogP contribution in [0.5, 0.6) is 0 Å². The minimum atomic E-state index is -4.48. The maximum atomic E-state index is 12.4. The zero-order valence-corrected chi connectivity index (χ0v) is 10.0. The van der Waals surface area contributed by atoms with Gasteiger partial charge in [-0.05, 0) is 23.3 Å². The molecule has 1 aromatic carbocycles. The minimum Gasteiger partial charge on any atom is -0.212 e. The van der Waals surface area contributed by atoms with E-state index >= 15 is 0 Å². The Morgan fingerprint density at radius 3 is 2.41 bits per heavy atom. The number of alkyl halides is 3. The number of rotatable bonds is 3. The lowest BCUT2D eigenvalue weighted by molar-refractivity contribution is -0.137. The Morgan fingerprint density at radius 1 is 1.35 bits per heavy atom. The predicted octanol–water partition coefficient (Wildman–Crippen LogP) is 3.29. The Hall–Kier alpha value is -1.01. The lowest BCUT2D eigenvalue weighted by Gasteiger charge is -2.09. The highest BCUT2D eigenvalue weighted by Gasteiger charge is 2.30. The molecule has 0 aliphatic rings. The fourth-order valence-corrected chi connectivity index (χ4v) is 2.18. The van der Waals surface area contributed by atoms with Gasteiger partial charge in [0.15, 0.2) is 0 Å². The first-order valence-corrected chi connectivity index (χ1v) is 6.85. The molecule has 94 valence electrons. The van der Waals surface area contributed by atoms with Crippen LogP contribution in [0, 0.1) is 0 Å². The third kappa shape index (κ3) is 4.40. The van der Waals surface area contributed by atoms with Gasteiger partial charge >= 0.3 is 6.18 Å². The maximum absolute atomic E-state index is 12.4. The molecule has 0 N–H and O–H groups in total. The van der Waals surface area contributed by atoms with Crippen molar-refractivity contribution in [3.8, 4) is 0 Å². The largest absolute Gasteiger partial charge is 0.416 e. The maximum Gasteiger partial charge on any atom is 0.416 e. The number of benzene rings is 1. The molecule has 0 spiro atoms. The Morgan fingerprint density at radius 2 is 1.94 bits per heavy atom. The van der Waals surface area contributed by atoms with Crippen LogP contribution in [0.25, 0.3) is 5.57 Å². The van der Waals surface area contributed by atoms with Gasteiger partial charge in [-0.1, -0.05) is 18.7 Å². The van der Waals surface area contributed by atoms with Crippen LogP contribution in [-0.4, -0.2) is 14.2 Å². The van der Waals surface area contributed by atoms with Crippen molar-refractivity contribution in [3.63, 3.8) is 0 Å². The summed E-state index contributed by atoms with van der Waals surface area (Å²) < 4.78 is 58.7. The molecule has 0 saturated heterocycles. The molecule has 0 unspecified atom stereocenters. The third-order valence-corrected chi connectivity index (χ3v) is 2.97. The van der Waals surface area contributed by atoms with Crippen molar-refractivity contribution >= 4 is 25.3 Å². The lowest BCUT2D eigenvalue weighted by atomic mass is 10.1. The highest BCUT2D eigenvalue weighted by molar-refractivity contribution is 8.14. The van der Waals surface area contributed by atoms with Gasteiger partial charge in [0, 0.05) is 10.7 Å². The van der Waals surface area contributed by atoms with Crippen LogP contribution in [0.3, 0.4) is 0 Å². The molecule has 2 nitrogen and oxygen atoms in total. The van der Waals surface area contributed by atoms with Crippen molar-refractivity contribution in [1.82, 2.24) is 0 Å². The summed E-state index contributed by atoms with van der Waals surface area (Å²) in [6.07, 6.45) is -4.48. The highest BCUT2D eigenvalue weighted by Crippen LogP contribution is 2.31. The lowest BCUT2D eigenvalue weighted by Crippen LogP contribution is -2.06. The van der Waals surface area contributed by atoms with Crippen LogP contribution in [0.4, 0.5) is 13.2 Å². The van der Waals surface area contributed by atoms with Gasteiger partial charge in [-0.25, -0.2) is 8.42 Å². The van der Waals surface area contributed by atoms with E-state index in [4.69, 9.17) is 10.7 Å². The van der Waals surface area contributed by atoms with Gasteiger partial charge in [-0.3, -0.25) is 0 Å². The molecule has 0 amide bonds. The molecule has 17 heavy (non-hydrogen) atoms. The van der Waals surface area contributed by atoms with E-state index < -0.39 is 26.5 Å². The fourth-order valence-electron chi connectivity index (χ4n) is 1.21. The van der Waals surface area contributed by atoms with E-state index in [9.17, 15) is 21.6 Å². The summed E-state index contributed by atoms with van der Waals surface area (Å²) in [5.41, 5.74) is -0.738. The summed E-state index contributed by atoms with van der Waals surface area (Å²) in [6, 6.07) is 4.26. The normalized spacial score (nSPS) is 12.5. The summed E-state index contributed by atoms with van der Waals surface area (Å²) in [7, 11) is 1.17. The van der Waals surface area contributed by atoms with Crippen molar-refractivity contribution in [1.29, 1.82) is 0 Å². The fraction of sp³-hybridized carbons (Fsp3) is 0.200. The predicted molar refractivity (Wildman–Crippen MR) is 60.1 cm³/mol. The van der Waals surface area contributed by atoms with Gasteiger partial charge in [0.05, 0.1) is 11.3 Å². The van der Waals surface area contributed by atoms with E-state index in [1.165, 1.54) is 12.1 Å².